The molecule has 1 heterocycles. The monoisotopic (exact) mass is 522 g/mol. The predicted molar refractivity (Wildman–Crippen MR) is 149 cm³/mol. The van der Waals surface area contributed by atoms with Crippen LogP contribution >= 0.6 is 11.3 Å². The van der Waals surface area contributed by atoms with E-state index in [4.69, 9.17) is 6.42 Å². The smallest absolute Gasteiger partial charge is 0.270 e. The fourth-order valence-corrected chi connectivity index (χ4v) is 4.49. The van der Waals surface area contributed by atoms with Crippen molar-refractivity contribution in [2.24, 2.45) is 5.92 Å². The third-order valence-corrected chi connectivity index (χ3v) is 6.73. The van der Waals surface area contributed by atoms with E-state index in [0.717, 1.165) is 24.3 Å². The zero-order valence-electron chi connectivity index (χ0n) is 22.0. The molecule has 2 N–H and O–H groups in total. The van der Waals surface area contributed by atoms with Crippen LogP contribution < -0.4 is 30.3 Å². The van der Waals surface area contributed by atoms with Crippen LogP contribution in [0.15, 0.2) is 29.1 Å². The molecule has 10 heteroatoms. The van der Waals surface area contributed by atoms with E-state index in [0.29, 0.717) is 34.9 Å². The molecule has 0 aliphatic carbocycles. The number of amides is 2. The number of rotatable bonds is 11. The zero-order chi connectivity index (χ0) is 27.5. The number of thiazole rings is 1. The standard InChI is InChI=1S/C27H34N6O3S/c1-7-13-29-25(35)22(16-28)27-33(8-2)26(36)23(37-27)17-30-20-10-9-11-21(15-20)32(6)24(34)18-31(5)14-12-19(3)4/h1,9-11,15,17,19,30H,8,12-14,18H2,2-6H3,(H,29,35)/b23-17+,27-22-. The van der Waals surface area contributed by atoms with Crippen LogP contribution in [0.5, 0.6) is 0 Å². The number of terminal acetylenes is 1. The highest BCUT2D eigenvalue weighted by Crippen LogP contribution is 2.19. The molecule has 2 aromatic rings. The number of anilines is 2. The molecule has 9 nitrogen and oxygen atoms in total. The molecule has 0 radical (unpaired) electrons. The van der Waals surface area contributed by atoms with E-state index in [2.05, 4.69) is 30.4 Å². The molecule has 0 atom stereocenters. The van der Waals surface area contributed by atoms with Crippen LogP contribution in [0.2, 0.25) is 0 Å². The van der Waals surface area contributed by atoms with Gasteiger partial charge in [-0.15, -0.1) is 17.8 Å². The Morgan fingerprint density at radius 3 is 2.65 bits per heavy atom. The van der Waals surface area contributed by atoms with Gasteiger partial charge in [-0.05, 0) is 51.1 Å². The average Bonchev–Trinajstić information content (AvgIpc) is 3.19. The first-order valence-corrected chi connectivity index (χ1v) is 12.8. The fourth-order valence-electron chi connectivity index (χ4n) is 3.40. The van der Waals surface area contributed by atoms with Crippen LogP contribution in [-0.2, 0) is 16.1 Å². The fraction of sp³-hybridized carbons (Fsp3) is 0.407. The van der Waals surface area contributed by atoms with E-state index >= 15 is 0 Å². The number of hydrogen-bond acceptors (Lipinski definition) is 7. The molecule has 0 spiro atoms. The maximum absolute atomic E-state index is 12.9. The van der Waals surface area contributed by atoms with Crippen molar-refractivity contribution in [1.29, 1.82) is 5.26 Å². The number of nitrogens with one attached hydrogen (secondary N) is 2. The van der Waals surface area contributed by atoms with E-state index in [1.807, 2.05) is 42.3 Å². The van der Waals surface area contributed by atoms with Crippen molar-refractivity contribution >= 4 is 46.3 Å². The van der Waals surface area contributed by atoms with Gasteiger partial charge in [0.15, 0.2) is 5.57 Å². The van der Waals surface area contributed by atoms with Crippen molar-refractivity contribution in [3.05, 3.63) is 43.8 Å². The summed E-state index contributed by atoms with van der Waals surface area (Å²) in [6.07, 6.45) is 7.74. The molecule has 1 aromatic heterocycles. The maximum Gasteiger partial charge on any atom is 0.270 e. The van der Waals surface area contributed by atoms with Crippen LogP contribution in [0.1, 0.15) is 27.2 Å². The number of likely N-dealkylation sites (N-methyl/N-ethyl adjacent to an activating group) is 2. The van der Waals surface area contributed by atoms with Gasteiger partial charge in [0, 0.05) is 31.2 Å². The van der Waals surface area contributed by atoms with Crippen LogP contribution in [0.4, 0.5) is 11.4 Å². The molecule has 2 amide bonds. The van der Waals surface area contributed by atoms with E-state index < -0.39 is 5.91 Å². The average molecular weight is 523 g/mol. The Bertz CT molecular complexity index is 1380. The minimum atomic E-state index is -0.626. The summed E-state index contributed by atoms with van der Waals surface area (Å²) in [5, 5.41) is 15.1. The first-order valence-electron chi connectivity index (χ1n) is 12.0. The molecule has 0 fully saturated rings. The van der Waals surface area contributed by atoms with Gasteiger partial charge in [0.05, 0.1) is 13.1 Å². The minimum absolute atomic E-state index is 0.0200. The molecule has 0 bridgehead atoms. The Hall–Kier alpha value is -3.86. The Labute approximate surface area is 221 Å². The zero-order valence-corrected chi connectivity index (χ0v) is 22.8. The number of nitrogens with zero attached hydrogens (tertiary/aromatic N) is 4. The Morgan fingerprint density at radius 1 is 1.30 bits per heavy atom. The quantitative estimate of drug-likeness (QED) is 0.429. The van der Waals surface area contributed by atoms with Crippen LogP contribution in [-0.4, -0.2) is 55.0 Å². The largest absolute Gasteiger partial charge is 0.360 e. The lowest BCUT2D eigenvalue weighted by molar-refractivity contribution is -0.119. The first kappa shape index (κ1) is 29.4. The van der Waals surface area contributed by atoms with Crippen LogP contribution in [0, 0.1) is 29.6 Å². The number of aromatic nitrogens is 1. The number of benzene rings is 1. The summed E-state index contributed by atoms with van der Waals surface area (Å²) in [4.78, 5) is 41.7. The third kappa shape index (κ3) is 8.07. The van der Waals surface area contributed by atoms with Crippen molar-refractivity contribution in [3.63, 3.8) is 0 Å². The van der Waals surface area contributed by atoms with E-state index in [-0.39, 0.29) is 28.2 Å². The number of nitriles is 1. The summed E-state index contributed by atoms with van der Waals surface area (Å²) in [7, 11) is 3.67. The van der Waals surface area contributed by atoms with Gasteiger partial charge in [-0.2, -0.15) is 5.26 Å². The molecular formula is C27H34N6O3S. The van der Waals surface area contributed by atoms with Crippen LogP contribution in [0.25, 0.3) is 11.8 Å². The van der Waals surface area contributed by atoms with Gasteiger partial charge >= 0.3 is 0 Å². The lowest BCUT2D eigenvalue weighted by atomic mass is 10.1. The summed E-state index contributed by atoms with van der Waals surface area (Å²) in [6.45, 7) is 7.51. The molecule has 0 aliphatic heterocycles. The highest BCUT2D eigenvalue weighted by molar-refractivity contribution is 7.07. The topological polar surface area (TPSA) is 110 Å². The lowest BCUT2D eigenvalue weighted by Gasteiger charge is -2.23. The van der Waals surface area contributed by atoms with Gasteiger partial charge in [0.25, 0.3) is 11.5 Å². The first-order chi connectivity index (χ1) is 17.6. The van der Waals surface area contributed by atoms with Crippen molar-refractivity contribution in [1.82, 2.24) is 14.8 Å². The molecule has 196 valence electrons. The van der Waals surface area contributed by atoms with Gasteiger partial charge in [0.1, 0.15) is 15.3 Å². The van der Waals surface area contributed by atoms with E-state index in [1.165, 1.54) is 10.8 Å². The van der Waals surface area contributed by atoms with Crippen molar-refractivity contribution in [2.75, 3.05) is 43.9 Å². The Morgan fingerprint density at radius 2 is 2.03 bits per heavy atom. The van der Waals surface area contributed by atoms with Gasteiger partial charge in [0.2, 0.25) is 5.91 Å². The van der Waals surface area contributed by atoms with Crippen molar-refractivity contribution < 1.29 is 9.59 Å². The number of carbonyl (C=O) groups is 2. The SMILES string of the molecule is C#CCNC(=O)/C(C#N)=c1\s/c(=C/Nc2cccc(N(C)C(=O)CN(C)CCC(C)C)c2)c(=O)n1CC. The second-order valence-electron chi connectivity index (χ2n) is 8.91. The molecule has 1 aromatic carbocycles. The summed E-state index contributed by atoms with van der Waals surface area (Å²) in [5.74, 6) is 2.21. The number of hydrogen-bond donors (Lipinski definition) is 2. The summed E-state index contributed by atoms with van der Waals surface area (Å²) >= 11 is 1.04. The normalized spacial score (nSPS) is 12.2. The summed E-state index contributed by atoms with van der Waals surface area (Å²) < 4.78 is 1.97. The maximum atomic E-state index is 12.9. The highest BCUT2D eigenvalue weighted by Gasteiger charge is 2.16. The van der Waals surface area contributed by atoms with Gasteiger partial charge < -0.3 is 15.5 Å². The van der Waals surface area contributed by atoms with E-state index in [1.54, 1.807) is 18.9 Å². The Balaban J connectivity index is 2.29. The molecule has 0 aliphatic rings. The predicted octanol–water partition coefficient (Wildman–Crippen LogP) is 1.14. The molecular weight excluding hydrogens is 488 g/mol. The van der Waals surface area contributed by atoms with Gasteiger partial charge in [-0.25, -0.2) is 0 Å². The van der Waals surface area contributed by atoms with Gasteiger partial charge in [-0.1, -0.05) is 25.8 Å². The minimum Gasteiger partial charge on any atom is -0.360 e. The highest BCUT2D eigenvalue weighted by atomic mass is 32.1. The Kier molecular flexibility index (Phi) is 11.1. The van der Waals surface area contributed by atoms with Crippen molar-refractivity contribution in [2.45, 2.75) is 33.7 Å². The molecule has 2 rings (SSSR count). The van der Waals surface area contributed by atoms with E-state index in [9.17, 15) is 19.6 Å². The second-order valence-corrected chi connectivity index (χ2v) is 9.94. The van der Waals surface area contributed by atoms with Gasteiger partial charge in [-0.3, -0.25) is 23.9 Å². The number of carbonyl (C=O) groups excluding carboxylic acids is 2. The van der Waals surface area contributed by atoms with Crippen molar-refractivity contribution in [3.8, 4) is 18.4 Å². The second kappa shape index (κ2) is 14.0. The molecule has 0 saturated heterocycles. The summed E-state index contributed by atoms with van der Waals surface area (Å²) in [5.41, 5.74) is 0.905. The molecule has 0 saturated carbocycles. The lowest BCUT2D eigenvalue weighted by Crippen LogP contribution is -2.37. The third-order valence-electron chi connectivity index (χ3n) is 5.60. The molecule has 37 heavy (non-hydrogen) atoms. The summed E-state index contributed by atoms with van der Waals surface area (Å²) in [6, 6.07) is 9.18. The molecule has 0 unspecified atom stereocenters. The van der Waals surface area contributed by atoms with Crippen LogP contribution in [0.3, 0.4) is 0 Å².